The minimum Gasteiger partial charge on any atom is -0.336 e. The molecule has 0 radical (unpaired) electrons. The molecule has 3 heterocycles. The molecule has 2 aromatic heterocycles. The van der Waals surface area contributed by atoms with Crippen LogP contribution in [-0.4, -0.2) is 45.9 Å². The molecule has 0 saturated carbocycles. The average molecular weight is 286 g/mol. The number of fused-ring (bicyclic) bond motifs is 1. The molecule has 2 aromatic rings. The number of nitrogens with zero attached hydrogens (tertiary/aromatic N) is 3. The van der Waals surface area contributed by atoms with Crippen LogP contribution in [0.3, 0.4) is 0 Å². The highest BCUT2D eigenvalue weighted by Crippen LogP contribution is 2.17. The molecule has 0 unspecified atom stereocenters. The Morgan fingerprint density at radius 2 is 2.24 bits per heavy atom. The standard InChI is InChI=1S/C16H22N4O/c1-2-10-20(14-5-7-17-8-6-14)16(21)13-3-4-15-18-9-11-19(15)12-13/h3-4,9,11-12,14,17H,2,5-8,10H2,1H3. The van der Waals surface area contributed by atoms with Crippen molar-refractivity contribution in [2.24, 2.45) is 0 Å². The lowest BCUT2D eigenvalue weighted by atomic mass is 10.0. The van der Waals surface area contributed by atoms with Crippen molar-refractivity contribution in [3.8, 4) is 0 Å². The van der Waals surface area contributed by atoms with Crippen molar-refractivity contribution in [3.63, 3.8) is 0 Å². The van der Waals surface area contributed by atoms with E-state index in [4.69, 9.17) is 0 Å². The van der Waals surface area contributed by atoms with E-state index in [2.05, 4.69) is 22.1 Å². The molecule has 1 amide bonds. The fourth-order valence-corrected chi connectivity index (χ4v) is 3.02. The minimum atomic E-state index is 0.138. The van der Waals surface area contributed by atoms with Crippen LogP contribution in [0.2, 0.25) is 0 Å². The molecule has 0 aromatic carbocycles. The van der Waals surface area contributed by atoms with Gasteiger partial charge in [0.05, 0.1) is 5.56 Å². The average Bonchev–Trinajstić information content (AvgIpc) is 3.00. The first-order valence-electron chi connectivity index (χ1n) is 7.74. The monoisotopic (exact) mass is 286 g/mol. The molecule has 5 heteroatoms. The highest BCUT2D eigenvalue weighted by molar-refractivity contribution is 5.94. The highest BCUT2D eigenvalue weighted by atomic mass is 16.2. The van der Waals surface area contributed by atoms with E-state index < -0.39 is 0 Å². The summed E-state index contributed by atoms with van der Waals surface area (Å²) in [5, 5.41) is 3.36. The second kappa shape index (κ2) is 6.26. The van der Waals surface area contributed by atoms with E-state index in [-0.39, 0.29) is 5.91 Å². The van der Waals surface area contributed by atoms with Gasteiger partial charge in [0.2, 0.25) is 0 Å². The van der Waals surface area contributed by atoms with Gasteiger partial charge in [-0.1, -0.05) is 6.92 Å². The molecule has 3 rings (SSSR count). The zero-order valence-corrected chi connectivity index (χ0v) is 12.5. The number of imidazole rings is 1. The fourth-order valence-electron chi connectivity index (χ4n) is 3.02. The van der Waals surface area contributed by atoms with Gasteiger partial charge in [-0.3, -0.25) is 4.79 Å². The van der Waals surface area contributed by atoms with Gasteiger partial charge in [-0.25, -0.2) is 4.98 Å². The molecule has 0 aliphatic carbocycles. The lowest BCUT2D eigenvalue weighted by Gasteiger charge is -2.34. The van der Waals surface area contributed by atoms with Gasteiger partial charge >= 0.3 is 0 Å². The van der Waals surface area contributed by atoms with Crippen molar-refractivity contribution < 1.29 is 4.79 Å². The molecule has 5 nitrogen and oxygen atoms in total. The van der Waals surface area contributed by atoms with Gasteiger partial charge in [-0.2, -0.15) is 0 Å². The zero-order valence-electron chi connectivity index (χ0n) is 12.5. The Morgan fingerprint density at radius 3 is 3.00 bits per heavy atom. The Bertz CT molecular complexity index is 616. The quantitative estimate of drug-likeness (QED) is 0.934. The summed E-state index contributed by atoms with van der Waals surface area (Å²) < 4.78 is 1.90. The number of aromatic nitrogens is 2. The van der Waals surface area contributed by atoms with E-state index >= 15 is 0 Å². The Kier molecular flexibility index (Phi) is 4.20. The van der Waals surface area contributed by atoms with E-state index in [9.17, 15) is 4.79 Å². The lowest BCUT2D eigenvalue weighted by Crippen LogP contribution is -2.46. The second-order valence-electron chi connectivity index (χ2n) is 5.59. The zero-order chi connectivity index (χ0) is 14.7. The van der Waals surface area contributed by atoms with E-state index in [1.807, 2.05) is 28.9 Å². The maximum atomic E-state index is 12.9. The number of piperidine rings is 1. The lowest BCUT2D eigenvalue weighted by molar-refractivity contribution is 0.0642. The first-order chi connectivity index (χ1) is 10.3. The van der Waals surface area contributed by atoms with Crippen LogP contribution in [0.25, 0.3) is 5.65 Å². The predicted octanol–water partition coefficient (Wildman–Crippen LogP) is 1.94. The number of carbonyl (C=O) groups excluding carboxylic acids is 1. The SMILES string of the molecule is CCCN(C(=O)c1ccc2nccn2c1)C1CCNCC1. The number of pyridine rings is 1. The third-order valence-corrected chi connectivity index (χ3v) is 4.11. The van der Waals surface area contributed by atoms with Crippen LogP contribution >= 0.6 is 0 Å². The van der Waals surface area contributed by atoms with Crippen LogP contribution in [0, 0.1) is 0 Å². The second-order valence-corrected chi connectivity index (χ2v) is 5.59. The highest BCUT2D eigenvalue weighted by Gasteiger charge is 2.25. The summed E-state index contributed by atoms with van der Waals surface area (Å²) in [7, 11) is 0. The summed E-state index contributed by atoms with van der Waals surface area (Å²) in [6.07, 6.45) is 8.58. The molecule has 1 saturated heterocycles. The minimum absolute atomic E-state index is 0.138. The first-order valence-corrected chi connectivity index (χ1v) is 7.74. The van der Waals surface area contributed by atoms with Crippen LogP contribution in [0.5, 0.6) is 0 Å². The summed E-state index contributed by atoms with van der Waals surface area (Å²) in [6, 6.07) is 4.14. The van der Waals surface area contributed by atoms with Crippen LogP contribution in [-0.2, 0) is 0 Å². The van der Waals surface area contributed by atoms with Crippen molar-refractivity contribution in [1.29, 1.82) is 0 Å². The number of rotatable bonds is 4. The van der Waals surface area contributed by atoms with Gasteiger partial charge in [0, 0.05) is 31.2 Å². The van der Waals surface area contributed by atoms with Crippen molar-refractivity contribution in [2.75, 3.05) is 19.6 Å². The molecule has 112 valence electrons. The van der Waals surface area contributed by atoms with Gasteiger partial charge in [-0.05, 0) is 44.5 Å². The maximum Gasteiger partial charge on any atom is 0.255 e. The van der Waals surface area contributed by atoms with E-state index in [1.54, 1.807) is 6.20 Å². The first kappa shape index (κ1) is 14.1. The molecule has 1 N–H and O–H groups in total. The van der Waals surface area contributed by atoms with Gasteiger partial charge < -0.3 is 14.6 Å². The molecule has 1 aliphatic rings. The molecule has 0 atom stereocenters. The third kappa shape index (κ3) is 2.93. The van der Waals surface area contributed by atoms with E-state index in [0.29, 0.717) is 6.04 Å². The topological polar surface area (TPSA) is 49.6 Å². The molecule has 1 fully saturated rings. The van der Waals surface area contributed by atoms with Gasteiger partial charge in [-0.15, -0.1) is 0 Å². The normalized spacial score (nSPS) is 16.2. The van der Waals surface area contributed by atoms with Crippen molar-refractivity contribution in [2.45, 2.75) is 32.2 Å². The molecule has 1 aliphatic heterocycles. The van der Waals surface area contributed by atoms with Crippen LogP contribution in [0.1, 0.15) is 36.5 Å². The molecular formula is C16H22N4O. The van der Waals surface area contributed by atoms with Gasteiger partial charge in [0.25, 0.3) is 5.91 Å². The molecule has 0 spiro atoms. The third-order valence-electron chi connectivity index (χ3n) is 4.11. The number of carbonyl (C=O) groups is 1. The largest absolute Gasteiger partial charge is 0.336 e. The maximum absolute atomic E-state index is 12.9. The fraction of sp³-hybridized carbons (Fsp3) is 0.500. The molecule has 21 heavy (non-hydrogen) atoms. The number of hydrogen-bond acceptors (Lipinski definition) is 3. The number of nitrogens with one attached hydrogen (secondary N) is 1. The Labute approximate surface area is 125 Å². The Hall–Kier alpha value is -1.88. The van der Waals surface area contributed by atoms with Crippen molar-refractivity contribution >= 4 is 11.6 Å². The molecule has 0 bridgehead atoms. The number of amides is 1. The molecular weight excluding hydrogens is 264 g/mol. The van der Waals surface area contributed by atoms with Gasteiger partial charge in [0.15, 0.2) is 0 Å². The van der Waals surface area contributed by atoms with Crippen LogP contribution < -0.4 is 5.32 Å². The summed E-state index contributed by atoms with van der Waals surface area (Å²) in [5.74, 6) is 0.138. The smallest absolute Gasteiger partial charge is 0.255 e. The predicted molar refractivity (Wildman–Crippen MR) is 82.4 cm³/mol. The summed E-state index contributed by atoms with van der Waals surface area (Å²) in [4.78, 5) is 19.1. The van der Waals surface area contributed by atoms with Crippen LogP contribution in [0.4, 0.5) is 0 Å². The van der Waals surface area contributed by atoms with Crippen molar-refractivity contribution in [3.05, 3.63) is 36.3 Å². The Balaban J connectivity index is 1.84. The van der Waals surface area contributed by atoms with Gasteiger partial charge in [0.1, 0.15) is 5.65 Å². The summed E-state index contributed by atoms with van der Waals surface area (Å²) in [5.41, 5.74) is 1.61. The Morgan fingerprint density at radius 1 is 1.43 bits per heavy atom. The van der Waals surface area contributed by atoms with E-state index in [0.717, 1.165) is 50.1 Å². The summed E-state index contributed by atoms with van der Waals surface area (Å²) >= 11 is 0. The summed E-state index contributed by atoms with van der Waals surface area (Å²) in [6.45, 7) is 4.95. The van der Waals surface area contributed by atoms with Crippen molar-refractivity contribution in [1.82, 2.24) is 19.6 Å². The van der Waals surface area contributed by atoms with E-state index in [1.165, 1.54) is 0 Å². The number of hydrogen-bond donors (Lipinski definition) is 1. The van der Waals surface area contributed by atoms with Crippen LogP contribution in [0.15, 0.2) is 30.7 Å².